The van der Waals surface area contributed by atoms with Gasteiger partial charge in [-0.3, -0.25) is 4.79 Å². The van der Waals surface area contributed by atoms with E-state index in [0.29, 0.717) is 17.2 Å². The molecule has 35 heavy (non-hydrogen) atoms. The lowest BCUT2D eigenvalue weighted by Crippen LogP contribution is -2.45. The van der Waals surface area contributed by atoms with Crippen LogP contribution in [0.3, 0.4) is 0 Å². The first kappa shape index (κ1) is 25.9. The minimum Gasteiger partial charge on any atom is -0.379 e. The maximum atomic E-state index is 13.2. The Bertz CT molecular complexity index is 1410. The standard InChI is InChI=1S/C25H21F3N2O4S/c1-16-8-10-17(11-9-16)19-6-4-5-7-22(19)35(33,34)15-24(2,32)23(31)30-18-12-13-21(29-3)20(14-18)25(26,27)28/h4-14,32H,15H2,1-2H3,(H,30,31). The van der Waals surface area contributed by atoms with Crippen LogP contribution in [0, 0.1) is 13.5 Å². The van der Waals surface area contributed by atoms with E-state index in [9.17, 15) is 31.5 Å². The zero-order valence-electron chi connectivity index (χ0n) is 18.7. The van der Waals surface area contributed by atoms with Gasteiger partial charge in [-0.15, -0.1) is 0 Å². The van der Waals surface area contributed by atoms with Gasteiger partial charge in [0.25, 0.3) is 5.91 Å². The van der Waals surface area contributed by atoms with Gasteiger partial charge in [0.1, 0.15) is 0 Å². The SMILES string of the molecule is [C-]#[N+]c1ccc(NC(=O)C(C)(O)CS(=O)(=O)c2ccccc2-c2ccc(C)cc2)cc1C(F)(F)F. The molecule has 0 aliphatic rings. The summed E-state index contributed by atoms with van der Waals surface area (Å²) in [5.74, 6) is -2.22. The molecule has 0 spiro atoms. The van der Waals surface area contributed by atoms with Crippen molar-refractivity contribution in [3.8, 4) is 11.1 Å². The monoisotopic (exact) mass is 502 g/mol. The number of nitrogens with one attached hydrogen (secondary N) is 1. The number of halogens is 3. The second kappa shape index (κ2) is 9.52. The van der Waals surface area contributed by atoms with E-state index in [1.54, 1.807) is 24.3 Å². The fourth-order valence-electron chi connectivity index (χ4n) is 3.43. The first-order chi connectivity index (χ1) is 16.2. The fourth-order valence-corrected chi connectivity index (χ4v) is 5.26. The average Bonchev–Trinajstić information content (AvgIpc) is 2.78. The number of hydrogen-bond acceptors (Lipinski definition) is 4. The summed E-state index contributed by atoms with van der Waals surface area (Å²) in [5.41, 5.74) is -2.75. The van der Waals surface area contributed by atoms with Crippen LogP contribution in [0.15, 0.2) is 71.6 Å². The molecule has 1 atom stereocenters. The molecule has 0 aliphatic carbocycles. The van der Waals surface area contributed by atoms with E-state index in [1.807, 2.05) is 19.1 Å². The van der Waals surface area contributed by atoms with Crippen molar-refractivity contribution in [2.75, 3.05) is 11.1 Å². The molecule has 1 amide bonds. The van der Waals surface area contributed by atoms with E-state index >= 15 is 0 Å². The van der Waals surface area contributed by atoms with Crippen LogP contribution in [0.5, 0.6) is 0 Å². The fraction of sp³-hybridized carbons (Fsp3) is 0.200. The number of rotatable bonds is 6. The molecule has 6 nitrogen and oxygen atoms in total. The molecule has 0 saturated carbocycles. The van der Waals surface area contributed by atoms with Crippen molar-refractivity contribution in [1.29, 1.82) is 0 Å². The third-order valence-electron chi connectivity index (χ3n) is 5.23. The summed E-state index contributed by atoms with van der Waals surface area (Å²) in [6, 6.07) is 15.8. The number of carbonyl (C=O) groups is 1. The lowest BCUT2D eigenvalue weighted by Gasteiger charge is -2.23. The van der Waals surface area contributed by atoms with Crippen LogP contribution >= 0.6 is 0 Å². The highest BCUT2D eigenvalue weighted by atomic mass is 32.2. The molecule has 3 aromatic rings. The van der Waals surface area contributed by atoms with Crippen molar-refractivity contribution in [3.05, 3.63) is 89.3 Å². The molecule has 0 aliphatic heterocycles. The smallest absolute Gasteiger partial charge is 0.379 e. The van der Waals surface area contributed by atoms with E-state index in [2.05, 4.69) is 10.2 Å². The van der Waals surface area contributed by atoms with Gasteiger partial charge in [-0.1, -0.05) is 54.1 Å². The number of anilines is 1. The Morgan fingerprint density at radius 1 is 1.06 bits per heavy atom. The molecule has 0 radical (unpaired) electrons. The molecule has 10 heteroatoms. The van der Waals surface area contributed by atoms with Crippen molar-refractivity contribution in [3.63, 3.8) is 0 Å². The average molecular weight is 503 g/mol. The summed E-state index contributed by atoms with van der Waals surface area (Å²) in [5, 5.41) is 12.8. The molecular formula is C25H21F3N2O4S. The number of benzene rings is 3. The van der Waals surface area contributed by atoms with E-state index in [-0.39, 0.29) is 10.6 Å². The van der Waals surface area contributed by atoms with Crippen molar-refractivity contribution in [2.45, 2.75) is 30.5 Å². The summed E-state index contributed by atoms with van der Waals surface area (Å²) in [6.45, 7) is 9.73. The van der Waals surface area contributed by atoms with Crippen molar-refractivity contribution < 1.29 is 31.5 Å². The van der Waals surface area contributed by atoms with Crippen LogP contribution in [0.25, 0.3) is 16.0 Å². The van der Waals surface area contributed by atoms with Gasteiger partial charge in [0, 0.05) is 11.3 Å². The highest BCUT2D eigenvalue weighted by molar-refractivity contribution is 7.91. The summed E-state index contributed by atoms with van der Waals surface area (Å²) < 4.78 is 66.1. The Morgan fingerprint density at radius 2 is 1.69 bits per heavy atom. The number of amides is 1. The van der Waals surface area contributed by atoms with Crippen molar-refractivity contribution >= 4 is 27.1 Å². The third-order valence-corrected chi connectivity index (χ3v) is 7.19. The third kappa shape index (κ3) is 5.88. The predicted molar refractivity (Wildman–Crippen MR) is 126 cm³/mol. The van der Waals surface area contributed by atoms with E-state index in [0.717, 1.165) is 24.6 Å². The van der Waals surface area contributed by atoms with Crippen LogP contribution < -0.4 is 5.32 Å². The Hall–Kier alpha value is -3.68. The summed E-state index contributed by atoms with van der Waals surface area (Å²) in [7, 11) is -4.22. The molecule has 0 heterocycles. The number of alkyl halides is 3. The molecule has 0 fully saturated rings. The number of carbonyl (C=O) groups excluding carboxylic acids is 1. The lowest BCUT2D eigenvalue weighted by molar-refractivity contribution is -0.137. The van der Waals surface area contributed by atoms with E-state index < -0.39 is 44.5 Å². The number of aliphatic hydroxyl groups is 1. The van der Waals surface area contributed by atoms with Crippen molar-refractivity contribution in [1.82, 2.24) is 0 Å². The Balaban J connectivity index is 1.89. The normalized spacial score (nSPS) is 13.5. The van der Waals surface area contributed by atoms with Crippen LogP contribution in [-0.4, -0.2) is 30.8 Å². The first-order valence-electron chi connectivity index (χ1n) is 10.3. The van der Waals surface area contributed by atoms with Gasteiger partial charge in [0.2, 0.25) is 0 Å². The highest BCUT2D eigenvalue weighted by Gasteiger charge is 2.38. The molecule has 182 valence electrons. The number of aryl methyl sites for hydroxylation is 1. The lowest BCUT2D eigenvalue weighted by atomic mass is 10.0. The Kier molecular flexibility index (Phi) is 7.06. The predicted octanol–water partition coefficient (Wildman–Crippen LogP) is 5.40. The molecule has 0 aromatic heterocycles. The topological polar surface area (TPSA) is 87.8 Å². The molecule has 1 unspecified atom stereocenters. The molecule has 2 N–H and O–H groups in total. The number of sulfone groups is 1. The molecular weight excluding hydrogens is 481 g/mol. The maximum absolute atomic E-state index is 13.2. The molecule has 0 bridgehead atoms. The largest absolute Gasteiger partial charge is 0.407 e. The minimum absolute atomic E-state index is 0.0994. The van der Waals surface area contributed by atoms with E-state index in [1.165, 1.54) is 12.1 Å². The molecule has 3 rings (SSSR count). The summed E-state index contributed by atoms with van der Waals surface area (Å²) in [4.78, 5) is 15.4. The first-order valence-corrected chi connectivity index (χ1v) is 11.9. The van der Waals surface area contributed by atoms with Crippen LogP contribution in [0.2, 0.25) is 0 Å². The van der Waals surface area contributed by atoms with Crippen LogP contribution in [0.1, 0.15) is 18.1 Å². The van der Waals surface area contributed by atoms with Gasteiger partial charge >= 0.3 is 6.18 Å². The maximum Gasteiger partial charge on any atom is 0.407 e. The number of nitrogens with zero attached hydrogens (tertiary/aromatic N) is 1. The zero-order valence-corrected chi connectivity index (χ0v) is 19.5. The molecule has 3 aromatic carbocycles. The zero-order chi connectivity index (χ0) is 26.0. The quantitative estimate of drug-likeness (QED) is 0.442. The Labute approximate surface area is 200 Å². The van der Waals surface area contributed by atoms with Gasteiger partial charge in [0.15, 0.2) is 21.1 Å². The summed E-state index contributed by atoms with van der Waals surface area (Å²) >= 11 is 0. The number of hydrogen-bond donors (Lipinski definition) is 2. The second-order valence-electron chi connectivity index (χ2n) is 8.19. The molecule has 0 saturated heterocycles. The highest BCUT2D eigenvalue weighted by Crippen LogP contribution is 2.38. The van der Waals surface area contributed by atoms with Gasteiger partial charge in [-0.25, -0.2) is 13.3 Å². The minimum atomic E-state index is -4.84. The second-order valence-corrected chi connectivity index (χ2v) is 10.1. The van der Waals surface area contributed by atoms with Gasteiger partial charge < -0.3 is 10.4 Å². The summed E-state index contributed by atoms with van der Waals surface area (Å²) in [6.07, 6.45) is -4.84. The van der Waals surface area contributed by atoms with Crippen molar-refractivity contribution in [2.24, 2.45) is 0 Å². The van der Waals surface area contributed by atoms with Crippen LogP contribution in [0.4, 0.5) is 24.5 Å². The van der Waals surface area contributed by atoms with Gasteiger partial charge in [-0.05, 0) is 37.6 Å². The van der Waals surface area contributed by atoms with Crippen LogP contribution in [-0.2, 0) is 20.8 Å². The van der Waals surface area contributed by atoms with Gasteiger partial charge in [-0.2, -0.15) is 13.2 Å². The Morgan fingerprint density at radius 3 is 2.29 bits per heavy atom. The van der Waals surface area contributed by atoms with Gasteiger partial charge in [0.05, 0.1) is 22.8 Å². The van der Waals surface area contributed by atoms with E-state index in [4.69, 9.17) is 6.57 Å².